The highest BCUT2D eigenvalue weighted by molar-refractivity contribution is 5.83. The molecule has 0 saturated carbocycles. The van der Waals surface area contributed by atoms with Gasteiger partial charge < -0.3 is 9.64 Å². The monoisotopic (exact) mass is 520 g/mol. The van der Waals surface area contributed by atoms with Crippen LogP contribution in [0, 0.1) is 5.82 Å². The quantitative estimate of drug-likeness (QED) is 0.458. The van der Waals surface area contributed by atoms with Gasteiger partial charge in [-0.25, -0.2) is 4.39 Å². The van der Waals surface area contributed by atoms with Gasteiger partial charge in [0.15, 0.2) is 0 Å². The van der Waals surface area contributed by atoms with Crippen molar-refractivity contribution in [2.75, 3.05) is 26.7 Å². The van der Waals surface area contributed by atoms with Crippen LogP contribution in [0.1, 0.15) is 42.1 Å². The highest BCUT2D eigenvalue weighted by Gasteiger charge is 2.37. The van der Waals surface area contributed by atoms with Gasteiger partial charge in [0.1, 0.15) is 11.9 Å². The Morgan fingerprint density at radius 3 is 1.94 bits per heavy atom. The SMILES string of the molecule is C[C@@H]1CN(C(C(=O)N(C)CCc2cc(C(F)(F)F)cc(C(F)(F)F)c2)c2ccc(F)cc2)C[C@H](C)O1. The molecule has 4 nitrogen and oxygen atoms in total. The molecule has 1 unspecified atom stereocenters. The van der Waals surface area contributed by atoms with E-state index in [-0.39, 0.29) is 36.8 Å². The van der Waals surface area contributed by atoms with Crippen molar-refractivity contribution in [1.29, 1.82) is 0 Å². The van der Waals surface area contributed by atoms with Crippen LogP contribution in [0.5, 0.6) is 0 Å². The smallest absolute Gasteiger partial charge is 0.373 e. The summed E-state index contributed by atoms with van der Waals surface area (Å²) in [5.41, 5.74) is -2.47. The van der Waals surface area contributed by atoms with Gasteiger partial charge >= 0.3 is 12.4 Å². The van der Waals surface area contributed by atoms with Crippen LogP contribution in [0.25, 0.3) is 0 Å². The Kier molecular flexibility index (Phi) is 8.34. The molecule has 2 aromatic rings. The molecule has 36 heavy (non-hydrogen) atoms. The normalized spacial score (nSPS) is 20.3. The number of benzene rings is 2. The predicted molar refractivity (Wildman–Crippen MR) is 119 cm³/mol. The van der Waals surface area contributed by atoms with Crippen LogP contribution in [0.15, 0.2) is 42.5 Å². The highest BCUT2D eigenvalue weighted by atomic mass is 19.4. The first-order chi connectivity index (χ1) is 16.6. The average molecular weight is 520 g/mol. The van der Waals surface area contributed by atoms with Gasteiger partial charge in [0.05, 0.1) is 23.3 Å². The Morgan fingerprint density at radius 2 is 1.47 bits per heavy atom. The molecular formula is C25H27F7N2O2. The fourth-order valence-electron chi connectivity index (χ4n) is 4.36. The summed E-state index contributed by atoms with van der Waals surface area (Å²) in [4.78, 5) is 16.7. The van der Waals surface area contributed by atoms with Gasteiger partial charge in [-0.3, -0.25) is 9.69 Å². The van der Waals surface area contributed by atoms with Gasteiger partial charge in [-0.1, -0.05) is 12.1 Å². The van der Waals surface area contributed by atoms with Crippen molar-refractivity contribution in [1.82, 2.24) is 9.80 Å². The number of nitrogens with zero attached hydrogens (tertiary/aromatic N) is 2. The van der Waals surface area contributed by atoms with Gasteiger partial charge in [-0.05, 0) is 61.7 Å². The molecule has 2 aromatic carbocycles. The average Bonchev–Trinajstić information content (AvgIpc) is 2.77. The molecule has 1 fully saturated rings. The zero-order valence-electron chi connectivity index (χ0n) is 20.0. The first kappa shape index (κ1) is 27.9. The molecule has 0 radical (unpaired) electrons. The Hall–Kier alpha value is -2.66. The van der Waals surface area contributed by atoms with Crippen molar-refractivity contribution in [2.45, 2.75) is 50.9 Å². The first-order valence-electron chi connectivity index (χ1n) is 11.3. The van der Waals surface area contributed by atoms with Crippen molar-refractivity contribution in [2.24, 2.45) is 0 Å². The number of amides is 1. The molecule has 0 aliphatic carbocycles. The van der Waals surface area contributed by atoms with Crippen LogP contribution in [-0.2, 0) is 28.3 Å². The molecule has 198 valence electrons. The van der Waals surface area contributed by atoms with Crippen LogP contribution in [0.4, 0.5) is 30.7 Å². The molecule has 1 aliphatic heterocycles. The second-order valence-corrected chi connectivity index (χ2v) is 9.09. The topological polar surface area (TPSA) is 32.8 Å². The third-order valence-electron chi connectivity index (χ3n) is 5.99. The molecule has 0 spiro atoms. The van der Waals surface area contributed by atoms with E-state index in [9.17, 15) is 35.5 Å². The summed E-state index contributed by atoms with van der Waals surface area (Å²) in [6, 6.07) is 6.00. The maximum atomic E-state index is 13.5. The zero-order chi connectivity index (χ0) is 26.8. The molecule has 3 atom stereocenters. The molecule has 0 aromatic heterocycles. The Balaban J connectivity index is 1.84. The van der Waals surface area contributed by atoms with E-state index < -0.39 is 41.2 Å². The number of alkyl halides is 6. The number of carbonyl (C=O) groups is 1. The highest BCUT2D eigenvalue weighted by Crippen LogP contribution is 2.36. The van der Waals surface area contributed by atoms with E-state index in [0.29, 0.717) is 30.8 Å². The van der Waals surface area contributed by atoms with Gasteiger partial charge in [0.25, 0.3) is 0 Å². The molecule has 1 saturated heterocycles. The standard InChI is InChI=1S/C25H27F7N2O2/c1-15-13-34(14-16(2)36-15)22(18-4-6-21(26)7-5-18)23(35)33(3)9-8-17-10-19(24(27,28)29)12-20(11-17)25(30,31)32/h4-7,10-12,15-16,22H,8-9,13-14H2,1-3H3/t15-,16+,22?. The van der Waals surface area contributed by atoms with E-state index in [2.05, 4.69) is 0 Å². The summed E-state index contributed by atoms with van der Waals surface area (Å²) < 4.78 is 98.3. The van der Waals surface area contributed by atoms with Gasteiger partial charge in [-0.2, -0.15) is 26.3 Å². The van der Waals surface area contributed by atoms with E-state index in [4.69, 9.17) is 4.74 Å². The summed E-state index contributed by atoms with van der Waals surface area (Å²) >= 11 is 0. The predicted octanol–water partition coefficient (Wildman–Crippen LogP) is 5.71. The molecular weight excluding hydrogens is 493 g/mol. The minimum absolute atomic E-state index is 0.0731. The van der Waals surface area contributed by atoms with Crippen molar-refractivity contribution in [3.8, 4) is 0 Å². The maximum absolute atomic E-state index is 13.5. The zero-order valence-corrected chi connectivity index (χ0v) is 20.0. The summed E-state index contributed by atoms with van der Waals surface area (Å²) in [6.07, 6.45) is -10.5. The molecule has 0 N–H and O–H groups in total. The molecule has 1 aliphatic rings. The van der Waals surface area contributed by atoms with Crippen molar-refractivity contribution in [3.63, 3.8) is 0 Å². The molecule has 1 heterocycles. The lowest BCUT2D eigenvalue weighted by Gasteiger charge is -2.40. The molecule has 1 amide bonds. The van der Waals surface area contributed by atoms with Crippen LogP contribution < -0.4 is 0 Å². The number of likely N-dealkylation sites (N-methyl/N-ethyl adjacent to an activating group) is 1. The lowest BCUT2D eigenvalue weighted by atomic mass is 10.0. The second-order valence-electron chi connectivity index (χ2n) is 9.09. The van der Waals surface area contributed by atoms with Gasteiger partial charge in [0, 0.05) is 26.7 Å². The van der Waals surface area contributed by atoms with E-state index in [1.165, 1.54) is 36.2 Å². The van der Waals surface area contributed by atoms with Gasteiger partial charge in [-0.15, -0.1) is 0 Å². The third-order valence-corrected chi connectivity index (χ3v) is 5.99. The number of hydrogen-bond acceptors (Lipinski definition) is 3. The minimum Gasteiger partial charge on any atom is -0.373 e. The van der Waals surface area contributed by atoms with Gasteiger partial charge in [0.2, 0.25) is 5.91 Å². The van der Waals surface area contributed by atoms with Crippen LogP contribution in [0.3, 0.4) is 0 Å². The van der Waals surface area contributed by atoms with Crippen molar-refractivity contribution >= 4 is 5.91 Å². The van der Waals surface area contributed by atoms with Crippen LogP contribution >= 0.6 is 0 Å². The molecule has 0 bridgehead atoms. The number of carbonyl (C=O) groups excluding carboxylic acids is 1. The summed E-state index contributed by atoms with van der Waals surface area (Å²) in [5.74, 6) is -0.891. The lowest BCUT2D eigenvalue weighted by Crippen LogP contribution is -2.51. The second kappa shape index (κ2) is 10.8. The Morgan fingerprint density at radius 1 is 0.972 bits per heavy atom. The fourth-order valence-corrected chi connectivity index (χ4v) is 4.36. The Labute approximate surface area is 204 Å². The third kappa shape index (κ3) is 6.97. The summed E-state index contributed by atoms with van der Waals surface area (Å²) in [7, 11) is 1.43. The number of halogens is 7. The number of morpholine rings is 1. The minimum atomic E-state index is -4.95. The largest absolute Gasteiger partial charge is 0.416 e. The van der Waals surface area contributed by atoms with E-state index in [0.717, 1.165) is 0 Å². The molecule has 11 heteroatoms. The van der Waals surface area contributed by atoms with Crippen LogP contribution in [0.2, 0.25) is 0 Å². The van der Waals surface area contributed by atoms with E-state index in [1.54, 1.807) is 0 Å². The molecule has 3 rings (SSSR count). The van der Waals surface area contributed by atoms with E-state index in [1.807, 2.05) is 18.7 Å². The number of ether oxygens (including phenoxy) is 1. The van der Waals surface area contributed by atoms with Crippen LogP contribution in [-0.4, -0.2) is 54.6 Å². The van der Waals surface area contributed by atoms with Crippen molar-refractivity contribution in [3.05, 3.63) is 70.5 Å². The Bertz CT molecular complexity index is 1010. The number of hydrogen-bond donors (Lipinski definition) is 0. The fraction of sp³-hybridized carbons (Fsp3) is 0.480. The summed E-state index contributed by atoms with van der Waals surface area (Å²) in [6.45, 7) is 4.41. The first-order valence-corrected chi connectivity index (χ1v) is 11.3. The number of rotatable bonds is 6. The van der Waals surface area contributed by atoms with Crippen molar-refractivity contribution < 1.29 is 40.3 Å². The lowest BCUT2D eigenvalue weighted by molar-refractivity contribution is -0.144. The van der Waals surface area contributed by atoms with E-state index >= 15 is 0 Å². The summed E-state index contributed by atoms with van der Waals surface area (Å²) in [5, 5.41) is 0. The maximum Gasteiger partial charge on any atom is 0.416 e.